The molecule has 0 radical (unpaired) electrons. The number of hydrogen-bond acceptors (Lipinski definition) is 3. The minimum Gasteiger partial charge on any atom is -0.385 e. The molecule has 106 valence electrons. The number of likely N-dealkylation sites (tertiary alicyclic amines) is 1. The highest BCUT2D eigenvalue weighted by atomic mass is 16.5. The Hall–Kier alpha value is -0.120. The summed E-state index contributed by atoms with van der Waals surface area (Å²) in [5.41, 5.74) is 0. The van der Waals surface area contributed by atoms with Crippen LogP contribution in [0.15, 0.2) is 0 Å². The molecule has 0 N–H and O–H groups in total. The fourth-order valence-corrected chi connectivity index (χ4v) is 3.53. The van der Waals surface area contributed by atoms with E-state index < -0.39 is 0 Å². The van der Waals surface area contributed by atoms with Crippen LogP contribution in [0.2, 0.25) is 0 Å². The molecule has 0 amide bonds. The predicted molar refractivity (Wildman–Crippen MR) is 73.7 cm³/mol. The molecule has 0 aromatic carbocycles. The van der Waals surface area contributed by atoms with Gasteiger partial charge in [-0.15, -0.1) is 0 Å². The van der Waals surface area contributed by atoms with Crippen molar-refractivity contribution < 1.29 is 9.47 Å². The van der Waals surface area contributed by atoms with Crippen LogP contribution in [-0.4, -0.2) is 51.5 Å². The highest BCUT2D eigenvalue weighted by Crippen LogP contribution is 2.32. The van der Waals surface area contributed by atoms with Gasteiger partial charge < -0.3 is 14.4 Å². The fraction of sp³-hybridized carbons (Fsp3) is 1.00. The van der Waals surface area contributed by atoms with Crippen molar-refractivity contribution >= 4 is 0 Å². The molecule has 1 heterocycles. The number of nitrogens with zero attached hydrogens (tertiary/aromatic N) is 1. The van der Waals surface area contributed by atoms with E-state index in [0.717, 1.165) is 24.4 Å². The molecule has 2 rings (SSSR count). The summed E-state index contributed by atoms with van der Waals surface area (Å²) in [4.78, 5) is 2.67. The number of hydrogen-bond donors (Lipinski definition) is 0. The summed E-state index contributed by atoms with van der Waals surface area (Å²) in [5, 5.41) is 0. The minimum absolute atomic E-state index is 0.548. The molecule has 0 aromatic rings. The van der Waals surface area contributed by atoms with Crippen molar-refractivity contribution in [2.45, 2.75) is 38.7 Å². The van der Waals surface area contributed by atoms with E-state index >= 15 is 0 Å². The number of piperidine rings is 1. The Balaban J connectivity index is 1.65. The largest absolute Gasteiger partial charge is 0.385 e. The van der Waals surface area contributed by atoms with E-state index in [0.29, 0.717) is 6.10 Å². The molecule has 1 saturated heterocycles. The summed E-state index contributed by atoms with van der Waals surface area (Å²) in [5.74, 6) is 2.58. The smallest absolute Gasteiger partial charge is 0.0577 e. The van der Waals surface area contributed by atoms with Crippen LogP contribution in [0, 0.1) is 17.8 Å². The van der Waals surface area contributed by atoms with Crippen molar-refractivity contribution in [1.82, 2.24) is 4.90 Å². The van der Waals surface area contributed by atoms with Crippen molar-refractivity contribution in [3.8, 4) is 0 Å². The topological polar surface area (TPSA) is 21.7 Å². The molecule has 0 spiro atoms. The Morgan fingerprint density at radius 1 is 1.22 bits per heavy atom. The van der Waals surface area contributed by atoms with Crippen LogP contribution in [0.25, 0.3) is 0 Å². The first-order valence-corrected chi connectivity index (χ1v) is 7.47. The van der Waals surface area contributed by atoms with E-state index in [9.17, 15) is 0 Å². The van der Waals surface area contributed by atoms with Gasteiger partial charge in [0.15, 0.2) is 0 Å². The molecule has 2 fully saturated rings. The van der Waals surface area contributed by atoms with Gasteiger partial charge in [0.25, 0.3) is 0 Å². The maximum Gasteiger partial charge on any atom is 0.0577 e. The molecular weight excluding hydrogens is 226 g/mol. The van der Waals surface area contributed by atoms with Gasteiger partial charge in [0, 0.05) is 33.9 Å². The standard InChI is InChI=1S/C15H29NO2/c1-12-10-16(6-4-14(12)5-7-17-2)11-13-8-15(9-13)18-3/h12-15H,4-11H2,1-3H3/t12-,13-,14-,15-/m0/s1. The first kappa shape index (κ1) is 14.3. The number of methoxy groups -OCH3 is 2. The predicted octanol–water partition coefficient (Wildman–Crippen LogP) is 2.41. The summed E-state index contributed by atoms with van der Waals surface area (Å²) in [6, 6.07) is 0. The van der Waals surface area contributed by atoms with Crippen LogP contribution in [0.3, 0.4) is 0 Å². The van der Waals surface area contributed by atoms with E-state index in [1.54, 1.807) is 0 Å². The third-order valence-corrected chi connectivity index (χ3v) is 4.90. The van der Waals surface area contributed by atoms with Crippen LogP contribution < -0.4 is 0 Å². The van der Waals surface area contributed by atoms with Crippen molar-refractivity contribution in [3.05, 3.63) is 0 Å². The molecule has 2 atom stereocenters. The van der Waals surface area contributed by atoms with E-state index in [-0.39, 0.29) is 0 Å². The maximum absolute atomic E-state index is 5.36. The lowest BCUT2D eigenvalue weighted by Crippen LogP contribution is -2.45. The van der Waals surface area contributed by atoms with E-state index in [2.05, 4.69) is 11.8 Å². The van der Waals surface area contributed by atoms with E-state index in [1.807, 2.05) is 14.2 Å². The van der Waals surface area contributed by atoms with Gasteiger partial charge >= 0.3 is 0 Å². The third-order valence-electron chi connectivity index (χ3n) is 4.90. The maximum atomic E-state index is 5.36. The molecule has 3 nitrogen and oxygen atoms in total. The molecule has 1 aliphatic carbocycles. The molecule has 1 saturated carbocycles. The van der Waals surface area contributed by atoms with Gasteiger partial charge in [0.05, 0.1) is 6.10 Å². The SMILES string of the molecule is COCC[C@@H]1CCN(C[C@H]2C[C@H](OC)C2)C[C@@H]1C. The van der Waals surface area contributed by atoms with Crippen LogP contribution >= 0.6 is 0 Å². The van der Waals surface area contributed by atoms with Crippen molar-refractivity contribution in [2.24, 2.45) is 17.8 Å². The summed E-state index contributed by atoms with van der Waals surface area (Å²) < 4.78 is 10.6. The van der Waals surface area contributed by atoms with E-state index in [4.69, 9.17) is 9.47 Å². The first-order valence-electron chi connectivity index (χ1n) is 7.47. The average Bonchev–Trinajstić information content (AvgIpc) is 2.32. The summed E-state index contributed by atoms with van der Waals surface area (Å²) in [7, 11) is 3.65. The van der Waals surface area contributed by atoms with Crippen LogP contribution in [0.4, 0.5) is 0 Å². The second-order valence-electron chi connectivity index (χ2n) is 6.26. The molecule has 0 aromatic heterocycles. The van der Waals surface area contributed by atoms with Gasteiger partial charge in [-0.25, -0.2) is 0 Å². The molecule has 1 aliphatic heterocycles. The van der Waals surface area contributed by atoms with Gasteiger partial charge in [-0.05, 0) is 50.0 Å². The lowest BCUT2D eigenvalue weighted by atomic mass is 9.80. The normalized spacial score (nSPS) is 37.5. The fourth-order valence-electron chi connectivity index (χ4n) is 3.53. The van der Waals surface area contributed by atoms with Gasteiger partial charge in [-0.1, -0.05) is 6.92 Å². The van der Waals surface area contributed by atoms with Crippen LogP contribution in [-0.2, 0) is 9.47 Å². The zero-order valence-electron chi connectivity index (χ0n) is 12.2. The van der Waals surface area contributed by atoms with Gasteiger partial charge in [-0.2, -0.15) is 0 Å². The second-order valence-corrected chi connectivity index (χ2v) is 6.26. The molecule has 0 bridgehead atoms. The Morgan fingerprint density at radius 2 is 2.00 bits per heavy atom. The number of ether oxygens (including phenoxy) is 2. The second kappa shape index (κ2) is 6.88. The zero-order valence-corrected chi connectivity index (χ0v) is 12.2. The summed E-state index contributed by atoms with van der Waals surface area (Å²) in [6.45, 7) is 7.19. The Bertz CT molecular complexity index is 241. The molecular formula is C15H29NO2. The Kier molecular flexibility index (Phi) is 5.46. The van der Waals surface area contributed by atoms with Crippen molar-refractivity contribution in [3.63, 3.8) is 0 Å². The van der Waals surface area contributed by atoms with Gasteiger partial charge in [0.2, 0.25) is 0 Å². The molecule has 0 unspecified atom stereocenters. The Labute approximate surface area is 112 Å². The first-order chi connectivity index (χ1) is 8.72. The van der Waals surface area contributed by atoms with Crippen LogP contribution in [0.5, 0.6) is 0 Å². The third kappa shape index (κ3) is 3.69. The lowest BCUT2D eigenvalue weighted by Gasteiger charge is -2.42. The molecule has 3 heteroatoms. The summed E-state index contributed by atoms with van der Waals surface area (Å²) >= 11 is 0. The minimum atomic E-state index is 0.548. The van der Waals surface area contributed by atoms with Crippen molar-refractivity contribution in [1.29, 1.82) is 0 Å². The zero-order chi connectivity index (χ0) is 13.0. The monoisotopic (exact) mass is 255 g/mol. The highest BCUT2D eigenvalue weighted by molar-refractivity contribution is 4.85. The number of rotatable bonds is 6. The molecule has 18 heavy (non-hydrogen) atoms. The summed E-state index contributed by atoms with van der Waals surface area (Å²) in [6.07, 6.45) is 5.68. The van der Waals surface area contributed by atoms with Crippen molar-refractivity contribution in [2.75, 3.05) is 40.5 Å². The average molecular weight is 255 g/mol. The van der Waals surface area contributed by atoms with E-state index in [1.165, 1.54) is 45.3 Å². The van der Waals surface area contributed by atoms with Gasteiger partial charge in [0.1, 0.15) is 0 Å². The quantitative estimate of drug-likeness (QED) is 0.727. The van der Waals surface area contributed by atoms with Crippen LogP contribution in [0.1, 0.15) is 32.6 Å². The lowest BCUT2D eigenvalue weighted by molar-refractivity contribution is -0.0186. The highest BCUT2D eigenvalue weighted by Gasteiger charge is 2.32. The van der Waals surface area contributed by atoms with Gasteiger partial charge in [-0.3, -0.25) is 0 Å². The molecule has 2 aliphatic rings. The Morgan fingerprint density at radius 3 is 2.61 bits per heavy atom.